The quantitative estimate of drug-likeness (QED) is 0.877. The predicted octanol–water partition coefficient (Wildman–Crippen LogP) is 2.58. The Hall–Kier alpha value is -1.56. The number of para-hydroxylation sites is 2. The van der Waals surface area contributed by atoms with E-state index in [1.54, 1.807) is 24.3 Å². The summed E-state index contributed by atoms with van der Waals surface area (Å²) in [5.41, 5.74) is 0.899. The van der Waals surface area contributed by atoms with Gasteiger partial charge >= 0.3 is 0 Å². The lowest BCUT2D eigenvalue weighted by Crippen LogP contribution is -2.17. The molecule has 1 aromatic rings. The zero-order valence-electron chi connectivity index (χ0n) is 11.6. The van der Waals surface area contributed by atoms with Gasteiger partial charge in [0.25, 0.3) is 0 Å². The first-order chi connectivity index (χ1) is 9.44. The number of hydrogen-bond donors (Lipinski definition) is 2. The van der Waals surface area contributed by atoms with Crippen LogP contribution in [-0.2, 0) is 14.8 Å². The Labute approximate surface area is 119 Å². The summed E-state index contributed by atoms with van der Waals surface area (Å²) in [5, 5.41) is 2.79. The molecule has 2 N–H and O–H groups in total. The first-order valence-electron chi connectivity index (χ1n) is 6.81. The number of carbonyl (C=O) groups is 1. The Kier molecular flexibility index (Phi) is 4.65. The van der Waals surface area contributed by atoms with Crippen LogP contribution in [0.5, 0.6) is 0 Å². The van der Waals surface area contributed by atoms with Crippen LogP contribution in [0, 0.1) is 5.92 Å². The topological polar surface area (TPSA) is 75.3 Å². The normalized spacial score (nSPS) is 16.1. The number of hydrogen-bond acceptors (Lipinski definition) is 3. The molecule has 2 rings (SSSR count). The van der Waals surface area contributed by atoms with E-state index in [1.807, 2.05) is 0 Å². The van der Waals surface area contributed by atoms with Crippen LogP contribution in [0.3, 0.4) is 0 Å². The van der Waals surface area contributed by atoms with E-state index in [-0.39, 0.29) is 5.91 Å². The fourth-order valence-electron chi connectivity index (χ4n) is 2.56. The van der Waals surface area contributed by atoms with Gasteiger partial charge in [-0.15, -0.1) is 0 Å². The number of sulfonamides is 1. The molecule has 1 fully saturated rings. The number of nitrogens with one attached hydrogen (secondary N) is 2. The van der Waals surface area contributed by atoms with Crippen molar-refractivity contribution in [2.24, 2.45) is 5.92 Å². The van der Waals surface area contributed by atoms with E-state index >= 15 is 0 Å². The van der Waals surface area contributed by atoms with Crippen LogP contribution < -0.4 is 10.0 Å². The number of rotatable bonds is 5. The maximum Gasteiger partial charge on any atom is 0.229 e. The van der Waals surface area contributed by atoms with Gasteiger partial charge in [0.15, 0.2) is 0 Å². The van der Waals surface area contributed by atoms with Gasteiger partial charge in [-0.1, -0.05) is 25.0 Å². The van der Waals surface area contributed by atoms with Gasteiger partial charge in [0, 0.05) is 6.42 Å². The maximum atomic E-state index is 12.0. The molecule has 1 amide bonds. The zero-order chi connectivity index (χ0) is 14.6. The van der Waals surface area contributed by atoms with E-state index in [0.717, 1.165) is 19.1 Å². The van der Waals surface area contributed by atoms with Crippen LogP contribution in [0.4, 0.5) is 11.4 Å². The lowest BCUT2D eigenvalue weighted by Gasteiger charge is -2.13. The highest BCUT2D eigenvalue weighted by Crippen LogP contribution is 2.28. The molecule has 1 aliphatic carbocycles. The van der Waals surface area contributed by atoms with E-state index in [2.05, 4.69) is 10.0 Å². The molecule has 0 spiro atoms. The fraction of sp³-hybridized carbons (Fsp3) is 0.500. The van der Waals surface area contributed by atoms with Crippen molar-refractivity contribution in [1.29, 1.82) is 0 Å². The van der Waals surface area contributed by atoms with Gasteiger partial charge in [-0.3, -0.25) is 9.52 Å². The standard InChI is InChI=1S/C14H20N2O3S/c1-20(18,19)16-13-9-5-4-8-12(13)15-14(17)10-11-6-2-3-7-11/h4-5,8-9,11,16H,2-3,6-7,10H2,1H3,(H,15,17). The van der Waals surface area contributed by atoms with Crippen molar-refractivity contribution >= 4 is 27.3 Å². The highest BCUT2D eigenvalue weighted by molar-refractivity contribution is 7.92. The lowest BCUT2D eigenvalue weighted by atomic mass is 10.0. The first-order valence-corrected chi connectivity index (χ1v) is 8.70. The number of anilines is 2. The number of amides is 1. The summed E-state index contributed by atoms with van der Waals surface area (Å²) >= 11 is 0. The first kappa shape index (κ1) is 14.8. The van der Waals surface area contributed by atoms with Crippen molar-refractivity contribution in [2.75, 3.05) is 16.3 Å². The SMILES string of the molecule is CS(=O)(=O)Nc1ccccc1NC(=O)CC1CCCC1. The molecule has 0 radical (unpaired) electrons. The molecule has 6 heteroatoms. The molecule has 0 aliphatic heterocycles. The Morgan fingerprint density at radius 3 is 2.40 bits per heavy atom. The van der Waals surface area contributed by atoms with E-state index in [0.29, 0.717) is 23.7 Å². The molecule has 20 heavy (non-hydrogen) atoms. The summed E-state index contributed by atoms with van der Waals surface area (Å²) in [6.07, 6.45) is 6.21. The van der Waals surface area contributed by atoms with Crippen LogP contribution in [0.1, 0.15) is 32.1 Å². The van der Waals surface area contributed by atoms with Crippen LogP contribution in [0.2, 0.25) is 0 Å². The van der Waals surface area contributed by atoms with Gasteiger partial charge in [0.05, 0.1) is 17.6 Å². The second-order valence-electron chi connectivity index (χ2n) is 5.32. The second-order valence-corrected chi connectivity index (χ2v) is 7.07. The Balaban J connectivity index is 2.02. The van der Waals surface area contributed by atoms with Crippen molar-refractivity contribution in [3.63, 3.8) is 0 Å². The molecule has 5 nitrogen and oxygen atoms in total. The molecular weight excluding hydrogens is 276 g/mol. The molecule has 0 bridgehead atoms. The Morgan fingerprint density at radius 2 is 1.80 bits per heavy atom. The maximum absolute atomic E-state index is 12.0. The summed E-state index contributed by atoms with van der Waals surface area (Å²) in [6.45, 7) is 0. The van der Waals surface area contributed by atoms with Gasteiger partial charge in [-0.2, -0.15) is 0 Å². The van der Waals surface area contributed by atoms with E-state index < -0.39 is 10.0 Å². The molecule has 0 heterocycles. The number of carbonyl (C=O) groups excluding carboxylic acids is 1. The second kappa shape index (κ2) is 6.26. The molecule has 0 unspecified atom stereocenters. The van der Waals surface area contributed by atoms with E-state index in [4.69, 9.17) is 0 Å². The Bertz CT molecular complexity index is 578. The molecule has 0 aromatic heterocycles. The molecule has 1 aromatic carbocycles. The summed E-state index contributed by atoms with van der Waals surface area (Å²) < 4.78 is 25.0. The van der Waals surface area contributed by atoms with Crippen LogP contribution in [0.15, 0.2) is 24.3 Å². The highest BCUT2D eigenvalue weighted by atomic mass is 32.2. The molecule has 1 aliphatic rings. The largest absolute Gasteiger partial charge is 0.324 e. The van der Waals surface area contributed by atoms with Gasteiger partial charge in [-0.25, -0.2) is 8.42 Å². The molecule has 0 saturated heterocycles. The predicted molar refractivity (Wildman–Crippen MR) is 80.1 cm³/mol. The van der Waals surface area contributed by atoms with Gasteiger partial charge in [0.1, 0.15) is 0 Å². The zero-order valence-corrected chi connectivity index (χ0v) is 12.4. The van der Waals surface area contributed by atoms with Crippen LogP contribution in [-0.4, -0.2) is 20.6 Å². The van der Waals surface area contributed by atoms with Gasteiger partial charge in [-0.05, 0) is 30.9 Å². The van der Waals surface area contributed by atoms with Gasteiger partial charge < -0.3 is 5.32 Å². The third kappa shape index (κ3) is 4.52. The lowest BCUT2D eigenvalue weighted by molar-refractivity contribution is -0.117. The van der Waals surface area contributed by atoms with Crippen LogP contribution in [0.25, 0.3) is 0 Å². The smallest absolute Gasteiger partial charge is 0.229 e. The monoisotopic (exact) mass is 296 g/mol. The summed E-state index contributed by atoms with van der Waals surface area (Å²) in [5.74, 6) is 0.407. The van der Waals surface area contributed by atoms with Crippen molar-refractivity contribution in [3.8, 4) is 0 Å². The number of benzene rings is 1. The highest BCUT2D eigenvalue weighted by Gasteiger charge is 2.19. The van der Waals surface area contributed by atoms with Gasteiger partial charge in [0.2, 0.25) is 15.9 Å². The summed E-state index contributed by atoms with van der Waals surface area (Å²) in [4.78, 5) is 12.0. The molecular formula is C14H20N2O3S. The minimum absolute atomic E-state index is 0.0559. The fourth-order valence-corrected chi connectivity index (χ4v) is 3.14. The van der Waals surface area contributed by atoms with Crippen molar-refractivity contribution in [2.45, 2.75) is 32.1 Å². The van der Waals surface area contributed by atoms with E-state index in [9.17, 15) is 13.2 Å². The molecule has 110 valence electrons. The van der Waals surface area contributed by atoms with Crippen LogP contribution >= 0.6 is 0 Å². The third-order valence-corrected chi connectivity index (χ3v) is 4.04. The molecule has 0 atom stereocenters. The minimum atomic E-state index is -3.36. The summed E-state index contributed by atoms with van der Waals surface area (Å²) in [7, 11) is -3.36. The van der Waals surface area contributed by atoms with Crippen molar-refractivity contribution in [1.82, 2.24) is 0 Å². The average molecular weight is 296 g/mol. The average Bonchev–Trinajstić information content (AvgIpc) is 2.82. The third-order valence-electron chi connectivity index (χ3n) is 3.45. The summed E-state index contributed by atoms with van der Waals surface area (Å²) in [6, 6.07) is 6.81. The Morgan fingerprint density at radius 1 is 1.20 bits per heavy atom. The van der Waals surface area contributed by atoms with E-state index in [1.165, 1.54) is 12.8 Å². The molecule has 1 saturated carbocycles. The van der Waals surface area contributed by atoms with Crippen molar-refractivity contribution in [3.05, 3.63) is 24.3 Å². The van der Waals surface area contributed by atoms with Crippen molar-refractivity contribution < 1.29 is 13.2 Å². The minimum Gasteiger partial charge on any atom is -0.324 e.